The van der Waals surface area contributed by atoms with Crippen LogP contribution in [-0.2, 0) is 17.8 Å². The number of carbonyl (C=O) groups is 1. The quantitative estimate of drug-likeness (QED) is 0.575. The topological polar surface area (TPSA) is 74.8 Å². The third kappa shape index (κ3) is 3.87. The summed E-state index contributed by atoms with van der Waals surface area (Å²) in [7, 11) is 0. The molecule has 1 aromatic heterocycles. The molecule has 0 saturated carbocycles. The SMILES string of the molecule is O=C(CCc1nc2ccccc2c(=O)[nH]1)NCc1ccc2ccccc2c1. The minimum atomic E-state index is -0.174. The maximum atomic E-state index is 12.2. The van der Waals surface area contributed by atoms with Gasteiger partial charge in [0, 0.05) is 19.4 Å². The lowest BCUT2D eigenvalue weighted by atomic mass is 10.1. The zero-order chi connectivity index (χ0) is 18.6. The summed E-state index contributed by atoms with van der Waals surface area (Å²) in [6.07, 6.45) is 0.665. The van der Waals surface area contributed by atoms with Crippen molar-refractivity contribution in [1.29, 1.82) is 0 Å². The van der Waals surface area contributed by atoms with E-state index in [0.717, 1.165) is 10.9 Å². The fourth-order valence-electron chi connectivity index (χ4n) is 3.12. The van der Waals surface area contributed by atoms with Gasteiger partial charge in [0.2, 0.25) is 5.91 Å². The molecule has 5 heteroatoms. The van der Waals surface area contributed by atoms with Crippen LogP contribution in [0.2, 0.25) is 0 Å². The number of amides is 1. The first-order chi connectivity index (χ1) is 13.2. The second-order valence-corrected chi connectivity index (χ2v) is 6.49. The highest BCUT2D eigenvalue weighted by Crippen LogP contribution is 2.15. The molecular weight excluding hydrogens is 338 g/mol. The van der Waals surface area contributed by atoms with Crippen molar-refractivity contribution in [3.05, 3.63) is 88.5 Å². The van der Waals surface area contributed by atoms with Gasteiger partial charge < -0.3 is 10.3 Å². The predicted molar refractivity (Wildman–Crippen MR) is 106 cm³/mol. The lowest BCUT2D eigenvalue weighted by molar-refractivity contribution is -0.121. The average Bonchev–Trinajstić information content (AvgIpc) is 2.70. The van der Waals surface area contributed by atoms with E-state index in [1.54, 1.807) is 18.2 Å². The average molecular weight is 357 g/mol. The summed E-state index contributed by atoms with van der Waals surface area (Å²) in [5, 5.41) is 5.82. The molecule has 134 valence electrons. The van der Waals surface area contributed by atoms with Crippen LogP contribution in [0.15, 0.2) is 71.5 Å². The molecule has 1 amide bonds. The van der Waals surface area contributed by atoms with Crippen molar-refractivity contribution < 1.29 is 4.79 Å². The van der Waals surface area contributed by atoms with E-state index in [0.29, 0.717) is 29.7 Å². The number of carbonyl (C=O) groups excluding carboxylic acids is 1. The summed E-state index contributed by atoms with van der Waals surface area (Å²) in [4.78, 5) is 31.4. The van der Waals surface area contributed by atoms with Crippen LogP contribution in [0.25, 0.3) is 21.7 Å². The van der Waals surface area contributed by atoms with Gasteiger partial charge >= 0.3 is 0 Å². The third-order valence-corrected chi connectivity index (χ3v) is 4.55. The number of aromatic amines is 1. The van der Waals surface area contributed by atoms with Crippen LogP contribution >= 0.6 is 0 Å². The first kappa shape index (κ1) is 17.0. The molecule has 3 aromatic carbocycles. The van der Waals surface area contributed by atoms with Gasteiger partial charge in [0.25, 0.3) is 5.56 Å². The fraction of sp³-hybridized carbons (Fsp3) is 0.136. The molecule has 0 atom stereocenters. The molecule has 4 rings (SSSR count). The van der Waals surface area contributed by atoms with Gasteiger partial charge in [-0.1, -0.05) is 48.5 Å². The molecule has 0 aliphatic rings. The maximum Gasteiger partial charge on any atom is 0.258 e. The molecule has 0 aliphatic carbocycles. The van der Waals surface area contributed by atoms with Gasteiger partial charge in [-0.3, -0.25) is 9.59 Å². The molecule has 0 spiro atoms. The molecule has 0 bridgehead atoms. The minimum absolute atomic E-state index is 0.0704. The van der Waals surface area contributed by atoms with Crippen molar-refractivity contribution >= 4 is 27.6 Å². The zero-order valence-electron chi connectivity index (χ0n) is 14.7. The molecule has 0 radical (unpaired) electrons. The van der Waals surface area contributed by atoms with E-state index in [2.05, 4.69) is 39.6 Å². The standard InChI is InChI=1S/C22H19N3O2/c26-21(23-14-15-9-10-16-5-1-2-6-17(16)13-15)12-11-20-24-19-8-4-3-7-18(19)22(27)25-20/h1-10,13H,11-12,14H2,(H,23,26)(H,24,25,27). The number of hydrogen-bond donors (Lipinski definition) is 2. The normalized spacial score (nSPS) is 11.0. The number of aromatic nitrogens is 2. The highest BCUT2D eigenvalue weighted by atomic mass is 16.1. The van der Waals surface area contributed by atoms with Gasteiger partial charge in [-0.25, -0.2) is 4.98 Å². The molecule has 0 aliphatic heterocycles. The molecule has 4 aromatic rings. The number of para-hydroxylation sites is 1. The number of nitrogens with zero attached hydrogens (tertiary/aromatic N) is 1. The Kier molecular flexibility index (Phi) is 4.66. The first-order valence-electron chi connectivity index (χ1n) is 8.91. The van der Waals surface area contributed by atoms with Crippen LogP contribution in [0, 0.1) is 0 Å². The van der Waals surface area contributed by atoms with E-state index in [4.69, 9.17) is 0 Å². The van der Waals surface area contributed by atoms with Crippen LogP contribution in [0.1, 0.15) is 17.8 Å². The molecule has 27 heavy (non-hydrogen) atoms. The van der Waals surface area contributed by atoms with E-state index in [1.165, 1.54) is 5.39 Å². The van der Waals surface area contributed by atoms with Crippen molar-refractivity contribution in [2.75, 3.05) is 0 Å². The Hall–Kier alpha value is -3.47. The summed E-state index contributed by atoms with van der Waals surface area (Å²) in [6, 6.07) is 21.5. The van der Waals surface area contributed by atoms with E-state index < -0.39 is 0 Å². The molecule has 5 nitrogen and oxygen atoms in total. The van der Waals surface area contributed by atoms with E-state index in [9.17, 15) is 9.59 Å². The van der Waals surface area contributed by atoms with Crippen LogP contribution in [0.3, 0.4) is 0 Å². The number of nitrogens with one attached hydrogen (secondary N) is 2. The third-order valence-electron chi connectivity index (χ3n) is 4.55. The Bertz CT molecular complexity index is 1180. The zero-order valence-corrected chi connectivity index (χ0v) is 14.7. The summed E-state index contributed by atoms with van der Waals surface area (Å²) in [5.41, 5.74) is 1.53. The lowest BCUT2D eigenvalue weighted by Crippen LogP contribution is -2.23. The molecule has 0 saturated heterocycles. The highest BCUT2D eigenvalue weighted by Gasteiger charge is 2.07. The smallest absolute Gasteiger partial charge is 0.258 e. The van der Waals surface area contributed by atoms with Crippen LogP contribution in [0.4, 0.5) is 0 Å². The van der Waals surface area contributed by atoms with Gasteiger partial charge in [0.15, 0.2) is 0 Å². The van der Waals surface area contributed by atoms with Crippen LogP contribution in [0.5, 0.6) is 0 Å². The van der Waals surface area contributed by atoms with E-state index in [1.807, 2.05) is 24.3 Å². The first-order valence-corrected chi connectivity index (χ1v) is 8.91. The van der Waals surface area contributed by atoms with Gasteiger partial charge in [-0.2, -0.15) is 0 Å². The Morgan fingerprint density at radius 3 is 2.63 bits per heavy atom. The van der Waals surface area contributed by atoms with E-state index >= 15 is 0 Å². The number of benzene rings is 3. The summed E-state index contributed by atoms with van der Waals surface area (Å²) < 4.78 is 0. The Morgan fingerprint density at radius 1 is 0.963 bits per heavy atom. The number of rotatable bonds is 5. The molecular formula is C22H19N3O2. The minimum Gasteiger partial charge on any atom is -0.352 e. The molecule has 0 fully saturated rings. The number of hydrogen-bond acceptors (Lipinski definition) is 3. The highest BCUT2D eigenvalue weighted by molar-refractivity contribution is 5.83. The second kappa shape index (κ2) is 7.41. The van der Waals surface area contributed by atoms with Crippen molar-refractivity contribution in [2.45, 2.75) is 19.4 Å². The Labute approximate surface area is 156 Å². The summed E-state index contributed by atoms with van der Waals surface area (Å²) in [5.74, 6) is 0.457. The van der Waals surface area contributed by atoms with Gasteiger partial charge in [-0.05, 0) is 34.5 Å². The molecule has 0 unspecified atom stereocenters. The van der Waals surface area contributed by atoms with Crippen molar-refractivity contribution in [3.8, 4) is 0 Å². The largest absolute Gasteiger partial charge is 0.352 e. The van der Waals surface area contributed by atoms with Crippen LogP contribution < -0.4 is 10.9 Å². The lowest BCUT2D eigenvalue weighted by Gasteiger charge is -2.07. The Morgan fingerprint density at radius 2 is 1.74 bits per heavy atom. The van der Waals surface area contributed by atoms with Gasteiger partial charge in [0.05, 0.1) is 10.9 Å². The molecule has 2 N–H and O–H groups in total. The molecule has 1 heterocycles. The fourth-order valence-corrected chi connectivity index (χ4v) is 3.12. The van der Waals surface area contributed by atoms with Gasteiger partial charge in [-0.15, -0.1) is 0 Å². The van der Waals surface area contributed by atoms with Crippen molar-refractivity contribution in [1.82, 2.24) is 15.3 Å². The number of aryl methyl sites for hydroxylation is 1. The van der Waals surface area contributed by atoms with E-state index in [-0.39, 0.29) is 17.9 Å². The predicted octanol–water partition coefficient (Wildman–Crippen LogP) is 3.33. The second-order valence-electron chi connectivity index (χ2n) is 6.49. The Balaban J connectivity index is 1.37. The summed E-state index contributed by atoms with van der Waals surface area (Å²) >= 11 is 0. The van der Waals surface area contributed by atoms with Crippen molar-refractivity contribution in [2.24, 2.45) is 0 Å². The number of fused-ring (bicyclic) bond motifs is 2. The monoisotopic (exact) mass is 357 g/mol. The van der Waals surface area contributed by atoms with Gasteiger partial charge in [0.1, 0.15) is 5.82 Å². The summed E-state index contributed by atoms with van der Waals surface area (Å²) in [6.45, 7) is 0.478. The van der Waals surface area contributed by atoms with Crippen LogP contribution in [-0.4, -0.2) is 15.9 Å². The van der Waals surface area contributed by atoms with Crippen molar-refractivity contribution in [3.63, 3.8) is 0 Å². The number of H-pyrrole nitrogens is 1. The maximum absolute atomic E-state index is 12.2.